The zero-order chi connectivity index (χ0) is 6.41. The second-order valence-corrected chi connectivity index (χ2v) is 1.18. The van der Waals surface area contributed by atoms with Gasteiger partial charge in [0, 0.05) is 0 Å². The highest BCUT2D eigenvalue weighted by molar-refractivity contribution is 5.69. The molecule has 0 aromatic heterocycles. The zero-order valence-corrected chi connectivity index (χ0v) is 4.23. The quantitative estimate of drug-likeness (QED) is 0.406. The van der Waals surface area contributed by atoms with E-state index in [9.17, 15) is 13.6 Å². The Morgan fingerprint density at radius 3 is 2.62 bits per heavy atom. The number of allylic oxidation sites excluding steroid dienone is 2. The third kappa shape index (κ3) is 3.46. The van der Waals surface area contributed by atoms with Crippen LogP contribution in [0.3, 0.4) is 0 Å². The maximum absolute atomic E-state index is 11.6. The van der Waals surface area contributed by atoms with Crippen LogP contribution < -0.4 is 0 Å². The van der Waals surface area contributed by atoms with Crippen molar-refractivity contribution in [2.45, 2.75) is 6.42 Å². The molecular formula is C5H6F2O. The molecule has 8 heavy (non-hydrogen) atoms. The molecule has 46 valence electrons. The predicted octanol–water partition coefficient (Wildman–Crippen LogP) is 1.40. The van der Waals surface area contributed by atoms with Gasteiger partial charge in [-0.05, 0) is 12.5 Å². The van der Waals surface area contributed by atoms with E-state index in [4.69, 9.17) is 0 Å². The fourth-order valence-corrected chi connectivity index (χ4v) is 0.241. The maximum Gasteiger partial charge on any atom is 0.178 e. The summed E-state index contributed by atoms with van der Waals surface area (Å²) in [5.74, 6) is -0.900. The summed E-state index contributed by atoms with van der Waals surface area (Å²) < 4.78 is 22.8. The molecule has 0 saturated carbocycles. The molecule has 0 aliphatic rings. The lowest BCUT2D eigenvalue weighted by Gasteiger charge is -1.79. The summed E-state index contributed by atoms with van der Waals surface area (Å²) in [6.07, 6.45) is 0.938. The van der Waals surface area contributed by atoms with E-state index in [1.165, 1.54) is 0 Å². The fraction of sp³-hybridized carbons (Fsp3) is 0.400. The predicted molar refractivity (Wildman–Crippen MR) is 25.8 cm³/mol. The molecule has 0 saturated heterocycles. The first-order valence-corrected chi connectivity index (χ1v) is 2.18. The first-order valence-electron chi connectivity index (χ1n) is 2.18. The van der Waals surface area contributed by atoms with Crippen molar-refractivity contribution in [3.63, 3.8) is 0 Å². The van der Waals surface area contributed by atoms with Crippen LogP contribution in [0.5, 0.6) is 0 Å². The summed E-state index contributed by atoms with van der Waals surface area (Å²) in [5.41, 5.74) is 0. The molecule has 0 aromatic carbocycles. The Hall–Kier alpha value is -0.730. The molecule has 1 nitrogen and oxygen atoms in total. The van der Waals surface area contributed by atoms with Gasteiger partial charge in [-0.25, -0.2) is 4.39 Å². The molecule has 3 heteroatoms. The van der Waals surface area contributed by atoms with Crippen LogP contribution in [-0.4, -0.2) is 13.0 Å². The zero-order valence-electron chi connectivity index (χ0n) is 4.23. The minimum atomic E-state index is -0.900. The Morgan fingerprint density at radius 1 is 1.62 bits per heavy atom. The SMILES string of the molecule is O=CC(F)=CCCF. The summed E-state index contributed by atoms with van der Waals surface area (Å²) in [6, 6.07) is 0. The Morgan fingerprint density at radius 2 is 2.25 bits per heavy atom. The van der Waals surface area contributed by atoms with E-state index in [-0.39, 0.29) is 12.7 Å². The molecule has 0 radical (unpaired) electrons. The number of alkyl halides is 1. The first-order chi connectivity index (χ1) is 3.81. The van der Waals surface area contributed by atoms with Crippen LogP contribution in [0.4, 0.5) is 8.78 Å². The van der Waals surface area contributed by atoms with Gasteiger partial charge < -0.3 is 0 Å². The first kappa shape index (κ1) is 7.27. The fourth-order valence-electron chi connectivity index (χ4n) is 0.241. The summed E-state index contributed by atoms with van der Waals surface area (Å²) in [4.78, 5) is 9.44. The van der Waals surface area contributed by atoms with E-state index in [0.29, 0.717) is 0 Å². The van der Waals surface area contributed by atoms with E-state index in [1.54, 1.807) is 0 Å². The van der Waals surface area contributed by atoms with Crippen molar-refractivity contribution in [2.24, 2.45) is 0 Å². The van der Waals surface area contributed by atoms with Crippen molar-refractivity contribution >= 4 is 6.29 Å². The number of aldehydes is 1. The van der Waals surface area contributed by atoms with E-state index in [2.05, 4.69) is 0 Å². The van der Waals surface area contributed by atoms with Gasteiger partial charge in [0.2, 0.25) is 0 Å². The third-order valence-electron chi connectivity index (χ3n) is 0.561. The van der Waals surface area contributed by atoms with Gasteiger partial charge in [-0.15, -0.1) is 0 Å². The molecule has 0 bridgehead atoms. The average molecular weight is 120 g/mol. The van der Waals surface area contributed by atoms with Crippen LogP contribution >= 0.6 is 0 Å². The lowest BCUT2D eigenvalue weighted by molar-refractivity contribution is -0.106. The normalized spacial score (nSPS) is 11.5. The van der Waals surface area contributed by atoms with E-state index in [0.717, 1.165) is 6.08 Å². The van der Waals surface area contributed by atoms with Crippen molar-refractivity contribution in [3.8, 4) is 0 Å². The smallest absolute Gasteiger partial charge is 0.178 e. The topological polar surface area (TPSA) is 17.1 Å². The number of rotatable bonds is 3. The number of carbonyl (C=O) groups is 1. The van der Waals surface area contributed by atoms with Gasteiger partial charge >= 0.3 is 0 Å². The summed E-state index contributed by atoms with van der Waals surface area (Å²) in [5, 5.41) is 0. The van der Waals surface area contributed by atoms with Crippen LogP contribution in [0.25, 0.3) is 0 Å². The summed E-state index contributed by atoms with van der Waals surface area (Å²) in [6.45, 7) is -0.624. The maximum atomic E-state index is 11.6. The Kier molecular flexibility index (Phi) is 4.03. The molecule has 0 N–H and O–H groups in total. The van der Waals surface area contributed by atoms with E-state index < -0.39 is 12.5 Å². The highest BCUT2D eigenvalue weighted by atomic mass is 19.1. The van der Waals surface area contributed by atoms with Crippen molar-refractivity contribution in [1.29, 1.82) is 0 Å². The molecular weight excluding hydrogens is 114 g/mol. The second-order valence-electron chi connectivity index (χ2n) is 1.18. The van der Waals surface area contributed by atoms with Gasteiger partial charge in [0.05, 0.1) is 6.67 Å². The largest absolute Gasteiger partial charge is 0.295 e. The van der Waals surface area contributed by atoms with Crippen LogP contribution in [-0.2, 0) is 4.79 Å². The van der Waals surface area contributed by atoms with Gasteiger partial charge in [-0.3, -0.25) is 9.18 Å². The van der Waals surface area contributed by atoms with Crippen molar-refractivity contribution < 1.29 is 13.6 Å². The highest BCUT2D eigenvalue weighted by Crippen LogP contribution is 1.92. The lowest BCUT2D eigenvalue weighted by Crippen LogP contribution is -1.75. The minimum Gasteiger partial charge on any atom is -0.295 e. The molecule has 0 aliphatic carbocycles. The Balaban J connectivity index is 3.40. The molecule has 0 atom stereocenters. The van der Waals surface area contributed by atoms with Gasteiger partial charge in [-0.1, -0.05) is 0 Å². The van der Waals surface area contributed by atoms with Crippen LogP contribution in [0.2, 0.25) is 0 Å². The van der Waals surface area contributed by atoms with Gasteiger partial charge in [0.15, 0.2) is 12.1 Å². The molecule has 0 unspecified atom stereocenters. The third-order valence-corrected chi connectivity index (χ3v) is 0.561. The summed E-state index contributed by atoms with van der Waals surface area (Å²) >= 11 is 0. The van der Waals surface area contributed by atoms with Gasteiger partial charge in [0.1, 0.15) is 0 Å². The van der Waals surface area contributed by atoms with Gasteiger partial charge in [0.25, 0.3) is 0 Å². The lowest BCUT2D eigenvalue weighted by atomic mass is 10.4. The van der Waals surface area contributed by atoms with Crippen molar-refractivity contribution in [3.05, 3.63) is 11.9 Å². The Bertz CT molecular complexity index is 98.6. The molecule has 0 fully saturated rings. The molecule has 0 spiro atoms. The van der Waals surface area contributed by atoms with Gasteiger partial charge in [-0.2, -0.15) is 0 Å². The number of halogens is 2. The molecule has 0 aromatic rings. The number of hydrogen-bond acceptors (Lipinski definition) is 1. The molecule has 0 amide bonds. The molecule has 0 aliphatic heterocycles. The van der Waals surface area contributed by atoms with Crippen LogP contribution in [0, 0.1) is 0 Å². The van der Waals surface area contributed by atoms with Crippen LogP contribution in [0.1, 0.15) is 6.42 Å². The Labute approximate surface area is 46.0 Å². The monoisotopic (exact) mass is 120 g/mol. The number of carbonyl (C=O) groups excluding carboxylic acids is 1. The van der Waals surface area contributed by atoms with E-state index >= 15 is 0 Å². The second kappa shape index (κ2) is 4.43. The number of hydrogen-bond donors (Lipinski definition) is 0. The van der Waals surface area contributed by atoms with Crippen molar-refractivity contribution in [2.75, 3.05) is 6.67 Å². The van der Waals surface area contributed by atoms with E-state index in [1.807, 2.05) is 0 Å². The average Bonchev–Trinajstić information content (AvgIpc) is 1.83. The highest BCUT2D eigenvalue weighted by Gasteiger charge is 1.86. The molecule has 0 heterocycles. The summed E-state index contributed by atoms with van der Waals surface area (Å²) in [7, 11) is 0. The van der Waals surface area contributed by atoms with Crippen molar-refractivity contribution in [1.82, 2.24) is 0 Å². The molecule has 0 rings (SSSR count). The standard InChI is InChI=1S/C5H6F2O/c6-3-1-2-5(7)4-8/h2,4H,1,3H2. The minimum absolute atomic E-state index is 0.0232. The van der Waals surface area contributed by atoms with Crippen LogP contribution in [0.15, 0.2) is 11.9 Å².